The van der Waals surface area contributed by atoms with Crippen molar-refractivity contribution in [3.63, 3.8) is 0 Å². The van der Waals surface area contributed by atoms with Crippen molar-refractivity contribution in [2.75, 3.05) is 11.9 Å². The summed E-state index contributed by atoms with van der Waals surface area (Å²) in [5.41, 5.74) is -0.316. The molecule has 0 saturated carbocycles. The van der Waals surface area contributed by atoms with Crippen LogP contribution in [0.15, 0.2) is 31.0 Å². The summed E-state index contributed by atoms with van der Waals surface area (Å²) in [6.07, 6.45) is 2.68. The quantitative estimate of drug-likeness (QED) is 0.621. The highest BCUT2D eigenvalue weighted by Gasteiger charge is 2.27. The molecule has 0 bridgehead atoms. The molecule has 14 heavy (non-hydrogen) atoms. The molecule has 1 heterocycles. The molecule has 0 radical (unpaired) electrons. The number of nitrogens with zero attached hydrogens (tertiary/aromatic N) is 1. The molecular weight excluding hydrogens is 210 g/mol. The summed E-state index contributed by atoms with van der Waals surface area (Å²) in [7, 11) is 0. The lowest BCUT2D eigenvalue weighted by molar-refractivity contribution is 0.0947. The Morgan fingerprint density at radius 2 is 2.29 bits per heavy atom. The summed E-state index contributed by atoms with van der Waals surface area (Å²) in [6.45, 7) is 4.03. The van der Waals surface area contributed by atoms with E-state index in [1.54, 1.807) is 6.08 Å². The van der Waals surface area contributed by atoms with Gasteiger partial charge in [-0.3, -0.25) is 0 Å². The number of halogens is 3. The Labute approximate surface area is 85.6 Å². The SMILES string of the molecule is C=CCNc1ccc(C(F)(F)Cl)cn1. The highest BCUT2D eigenvalue weighted by Crippen LogP contribution is 2.31. The van der Waals surface area contributed by atoms with E-state index < -0.39 is 5.38 Å². The van der Waals surface area contributed by atoms with Gasteiger partial charge in [-0.2, -0.15) is 8.78 Å². The van der Waals surface area contributed by atoms with Crippen LogP contribution in [0.4, 0.5) is 14.6 Å². The van der Waals surface area contributed by atoms with Gasteiger partial charge in [-0.1, -0.05) is 6.08 Å². The summed E-state index contributed by atoms with van der Waals surface area (Å²) < 4.78 is 25.1. The maximum absolute atomic E-state index is 12.5. The highest BCUT2D eigenvalue weighted by molar-refractivity contribution is 6.21. The fourth-order valence-electron chi connectivity index (χ4n) is 0.843. The molecule has 0 aliphatic heterocycles. The van der Waals surface area contributed by atoms with Gasteiger partial charge in [0.1, 0.15) is 5.82 Å². The van der Waals surface area contributed by atoms with Gasteiger partial charge < -0.3 is 5.32 Å². The smallest absolute Gasteiger partial charge is 0.349 e. The molecule has 5 heteroatoms. The van der Waals surface area contributed by atoms with Crippen molar-refractivity contribution in [2.45, 2.75) is 5.38 Å². The van der Waals surface area contributed by atoms with Gasteiger partial charge in [-0.05, 0) is 23.7 Å². The van der Waals surface area contributed by atoms with E-state index in [-0.39, 0.29) is 5.56 Å². The Bertz CT molecular complexity index is 306. The number of nitrogens with one attached hydrogen (secondary N) is 1. The monoisotopic (exact) mass is 218 g/mol. The van der Waals surface area contributed by atoms with E-state index >= 15 is 0 Å². The third-order valence-electron chi connectivity index (χ3n) is 1.52. The number of anilines is 1. The van der Waals surface area contributed by atoms with E-state index in [4.69, 9.17) is 11.6 Å². The number of aromatic nitrogens is 1. The fraction of sp³-hybridized carbons (Fsp3) is 0.222. The van der Waals surface area contributed by atoms with Crippen LogP contribution >= 0.6 is 11.6 Å². The van der Waals surface area contributed by atoms with Crippen molar-refractivity contribution in [3.05, 3.63) is 36.5 Å². The predicted molar refractivity (Wildman–Crippen MR) is 52.7 cm³/mol. The molecule has 0 atom stereocenters. The van der Waals surface area contributed by atoms with E-state index in [2.05, 4.69) is 16.9 Å². The number of pyridine rings is 1. The molecule has 0 fully saturated rings. The molecule has 2 nitrogen and oxygen atoms in total. The van der Waals surface area contributed by atoms with Crippen LogP contribution in [-0.4, -0.2) is 11.5 Å². The molecule has 1 aromatic rings. The minimum absolute atomic E-state index is 0.316. The maximum Gasteiger partial charge on any atom is 0.349 e. The molecule has 0 amide bonds. The van der Waals surface area contributed by atoms with Gasteiger partial charge in [0.05, 0.1) is 5.56 Å². The first kappa shape index (κ1) is 10.9. The van der Waals surface area contributed by atoms with Crippen LogP contribution in [0.1, 0.15) is 5.56 Å². The van der Waals surface area contributed by atoms with Crippen molar-refractivity contribution in [1.29, 1.82) is 0 Å². The van der Waals surface area contributed by atoms with Gasteiger partial charge in [0.2, 0.25) is 0 Å². The Balaban J connectivity index is 2.73. The summed E-state index contributed by atoms with van der Waals surface area (Å²) in [6, 6.07) is 2.67. The summed E-state index contributed by atoms with van der Waals surface area (Å²) in [5, 5.41) is -0.501. The maximum atomic E-state index is 12.5. The average Bonchev–Trinajstić information content (AvgIpc) is 2.14. The first-order chi connectivity index (χ1) is 6.54. The third kappa shape index (κ3) is 2.96. The topological polar surface area (TPSA) is 24.9 Å². The van der Waals surface area contributed by atoms with E-state index in [9.17, 15) is 8.78 Å². The van der Waals surface area contributed by atoms with Gasteiger partial charge in [0.25, 0.3) is 0 Å². The second kappa shape index (κ2) is 4.37. The number of rotatable bonds is 4. The van der Waals surface area contributed by atoms with E-state index in [1.807, 2.05) is 0 Å². The molecule has 0 saturated heterocycles. The fourth-order valence-corrected chi connectivity index (χ4v) is 0.955. The third-order valence-corrected chi connectivity index (χ3v) is 1.74. The Morgan fingerprint density at radius 1 is 1.57 bits per heavy atom. The lowest BCUT2D eigenvalue weighted by atomic mass is 10.3. The van der Waals surface area contributed by atoms with Crippen LogP contribution in [0.2, 0.25) is 0 Å². The predicted octanol–water partition coefficient (Wildman–Crippen LogP) is 2.97. The Morgan fingerprint density at radius 3 is 2.71 bits per heavy atom. The van der Waals surface area contributed by atoms with E-state index in [0.717, 1.165) is 6.20 Å². The van der Waals surface area contributed by atoms with Gasteiger partial charge in [-0.25, -0.2) is 4.98 Å². The van der Waals surface area contributed by atoms with Crippen molar-refractivity contribution in [1.82, 2.24) is 4.98 Å². The van der Waals surface area contributed by atoms with Gasteiger partial charge >= 0.3 is 5.38 Å². The van der Waals surface area contributed by atoms with E-state index in [1.165, 1.54) is 12.1 Å². The van der Waals surface area contributed by atoms with Crippen molar-refractivity contribution < 1.29 is 8.78 Å². The first-order valence-corrected chi connectivity index (χ1v) is 4.30. The van der Waals surface area contributed by atoms with Crippen LogP contribution in [0.3, 0.4) is 0 Å². The van der Waals surface area contributed by atoms with Gasteiger partial charge in [0, 0.05) is 12.7 Å². The lowest BCUT2D eigenvalue weighted by Crippen LogP contribution is -2.05. The zero-order valence-corrected chi connectivity index (χ0v) is 8.06. The summed E-state index contributed by atoms with van der Waals surface area (Å²) >= 11 is 4.81. The zero-order chi connectivity index (χ0) is 10.6. The molecule has 76 valence electrons. The first-order valence-electron chi connectivity index (χ1n) is 3.92. The van der Waals surface area contributed by atoms with Crippen LogP contribution < -0.4 is 5.32 Å². The largest absolute Gasteiger partial charge is 0.367 e. The van der Waals surface area contributed by atoms with Crippen LogP contribution in [0.25, 0.3) is 0 Å². The van der Waals surface area contributed by atoms with Gasteiger partial charge in [0.15, 0.2) is 0 Å². The zero-order valence-electron chi connectivity index (χ0n) is 7.30. The van der Waals surface area contributed by atoms with Crippen molar-refractivity contribution >= 4 is 17.4 Å². The molecule has 0 spiro atoms. The van der Waals surface area contributed by atoms with Crippen molar-refractivity contribution in [3.8, 4) is 0 Å². The molecule has 1 rings (SSSR count). The Hall–Kier alpha value is -1.16. The molecule has 0 aromatic carbocycles. The Kier molecular flexibility index (Phi) is 3.41. The van der Waals surface area contributed by atoms with Crippen LogP contribution in [-0.2, 0) is 5.38 Å². The minimum Gasteiger partial charge on any atom is -0.367 e. The van der Waals surface area contributed by atoms with E-state index in [0.29, 0.717) is 12.4 Å². The minimum atomic E-state index is -3.36. The average molecular weight is 219 g/mol. The number of hydrogen-bond acceptors (Lipinski definition) is 2. The molecule has 1 N–H and O–H groups in total. The van der Waals surface area contributed by atoms with Crippen LogP contribution in [0.5, 0.6) is 0 Å². The molecular formula is C9H9ClF2N2. The lowest BCUT2D eigenvalue weighted by Gasteiger charge is -2.08. The second-order valence-electron chi connectivity index (χ2n) is 2.60. The van der Waals surface area contributed by atoms with Crippen LogP contribution in [0, 0.1) is 0 Å². The number of hydrogen-bond donors (Lipinski definition) is 1. The second-order valence-corrected chi connectivity index (χ2v) is 3.07. The molecule has 1 aromatic heterocycles. The normalized spacial score (nSPS) is 11.1. The molecule has 0 aliphatic rings. The highest BCUT2D eigenvalue weighted by atomic mass is 35.5. The van der Waals surface area contributed by atoms with Crippen molar-refractivity contribution in [2.24, 2.45) is 0 Å². The summed E-state index contributed by atoms with van der Waals surface area (Å²) in [5.74, 6) is 0.509. The molecule has 0 unspecified atom stereocenters. The molecule has 0 aliphatic carbocycles. The van der Waals surface area contributed by atoms with Gasteiger partial charge in [-0.15, -0.1) is 6.58 Å². The summed E-state index contributed by atoms with van der Waals surface area (Å²) in [4.78, 5) is 3.76. The standard InChI is InChI=1S/C9H9ClF2N2/c1-2-5-13-8-4-3-7(6-14-8)9(10,11)12/h2-4,6H,1,5H2,(H,13,14). The number of alkyl halides is 3.